The maximum absolute atomic E-state index is 14.7. The summed E-state index contributed by atoms with van der Waals surface area (Å²) in [5.74, 6) is -5.64. The minimum Gasteiger partial charge on any atom is -0.377 e. The van der Waals surface area contributed by atoms with Crippen LogP contribution in [0.3, 0.4) is 0 Å². The number of hydrogen-bond acceptors (Lipinski definition) is 4. The molecule has 5 nitrogen and oxygen atoms in total. The molecule has 3 aromatic rings. The predicted octanol–water partition coefficient (Wildman–Crippen LogP) is 4.78. The van der Waals surface area contributed by atoms with Gasteiger partial charge in [-0.15, -0.1) is 0 Å². The van der Waals surface area contributed by atoms with Crippen LogP contribution in [-0.4, -0.2) is 29.6 Å². The molecule has 1 N–H and O–H groups in total. The van der Waals surface area contributed by atoms with E-state index in [2.05, 4.69) is 0 Å². The minimum absolute atomic E-state index is 0.0239. The Bertz CT molecular complexity index is 1400. The highest BCUT2D eigenvalue weighted by Crippen LogP contribution is 2.55. The fraction of sp³-hybridized carbons (Fsp3) is 0.318. The van der Waals surface area contributed by atoms with Crippen molar-refractivity contribution in [2.45, 2.75) is 48.8 Å². The third-order valence-electron chi connectivity index (χ3n) is 5.95. The van der Waals surface area contributed by atoms with Crippen LogP contribution in [0.1, 0.15) is 35.2 Å². The summed E-state index contributed by atoms with van der Waals surface area (Å²) in [5.41, 5.74) is -4.45. The topological polar surface area (TPSA) is 83.1 Å². The molecule has 1 aliphatic carbocycles. The van der Waals surface area contributed by atoms with Gasteiger partial charge in [0, 0.05) is 5.39 Å². The first-order chi connectivity index (χ1) is 15.3. The second-order valence-electron chi connectivity index (χ2n) is 8.04. The number of nitriles is 1. The number of nitrogens with zero attached hydrogens (tertiary/aromatic N) is 2. The lowest BCUT2D eigenvalue weighted by atomic mass is 9.78. The van der Waals surface area contributed by atoms with Gasteiger partial charge in [0.05, 0.1) is 27.7 Å². The Kier molecular flexibility index (Phi) is 5.11. The summed E-state index contributed by atoms with van der Waals surface area (Å²) in [7, 11) is -4.70. The Morgan fingerprint density at radius 3 is 2.30 bits per heavy atom. The summed E-state index contributed by atoms with van der Waals surface area (Å²) < 4.78 is 97.2. The zero-order valence-electron chi connectivity index (χ0n) is 17.1. The highest BCUT2D eigenvalue weighted by atomic mass is 32.2. The van der Waals surface area contributed by atoms with Crippen LogP contribution in [0, 0.1) is 18.3 Å². The second kappa shape index (κ2) is 7.27. The van der Waals surface area contributed by atoms with Crippen LogP contribution in [0.5, 0.6) is 0 Å². The van der Waals surface area contributed by atoms with Crippen LogP contribution < -0.4 is 0 Å². The van der Waals surface area contributed by atoms with E-state index in [-0.39, 0.29) is 39.8 Å². The van der Waals surface area contributed by atoms with E-state index in [1.165, 1.54) is 42.5 Å². The molecule has 0 aliphatic heterocycles. The number of aryl methyl sites for hydroxylation is 2. The summed E-state index contributed by atoms with van der Waals surface area (Å²) in [6.07, 6.45) is -7.43. The molecule has 2 aromatic carbocycles. The monoisotopic (exact) mass is 484 g/mol. The molecule has 11 heteroatoms. The van der Waals surface area contributed by atoms with Gasteiger partial charge in [0.15, 0.2) is 5.60 Å². The molecule has 0 saturated carbocycles. The van der Waals surface area contributed by atoms with E-state index in [0.29, 0.717) is 9.54 Å². The van der Waals surface area contributed by atoms with E-state index in [0.717, 1.165) is 0 Å². The minimum atomic E-state index is -6.14. The van der Waals surface area contributed by atoms with Gasteiger partial charge in [-0.1, -0.05) is 17.7 Å². The van der Waals surface area contributed by atoms with Crippen molar-refractivity contribution in [3.05, 3.63) is 64.8 Å². The number of benzene rings is 2. The highest BCUT2D eigenvalue weighted by Gasteiger charge is 2.72. The van der Waals surface area contributed by atoms with Crippen LogP contribution >= 0.6 is 0 Å². The number of hydrogen-bond donors (Lipinski definition) is 1. The van der Waals surface area contributed by atoms with E-state index in [1.54, 1.807) is 6.92 Å². The Hall–Kier alpha value is -2.97. The van der Waals surface area contributed by atoms with Crippen LogP contribution in [-0.2, 0) is 22.0 Å². The lowest BCUT2D eigenvalue weighted by Gasteiger charge is -2.40. The second-order valence-corrected chi connectivity index (χ2v) is 9.83. The van der Waals surface area contributed by atoms with Gasteiger partial charge in [0.25, 0.3) is 10.0 Å². The normalized spacial score (nSPS) is 19.3. The first kappa shape index (κ1) is 23.2. The standard InChI is InChI=1S/C22H17F5N2O3S/c1-13-4-7-15(8-5-13)33(31,32)29-18-9-6-14(12-28)11-17(18)16-3-2-10-20(30,19(16)29)21(23,24)22(25,26)27/h4-9,11,30H,2-3,10H2,1H3. The van der Waals surface area contributed by atoms with E-state index >= 15 is 0 Å². The van der Waals surface area contributed by atoms with Crippen molar-refractivity contribution < 1.29 is 35.5 Å². The smallest absolute Gasteiger partial charge is 0.377 e. The molecular weight excluding hydrogens is 467 g/mol. The van der Waals surface area contributed by atoms with Gasteiger partial charge >= 0.3 is 12.1 Å². The molecule has 1 unspecified atom stereocenters. The lowest BCUT2D eigenvalue weighted by molar-refractivity contribution is -0.349. The van der Waals surface area contributed by atoms with Crippen molar-refractivity contribution in [3.63, 3.8) is 0 Å². The fourth-order valence-corrected chi connectivity index (χ4v) is 5.92. The molecule has 1 aromatic heterocycles. The summed E-state index contributed by atoms with van der Waals surface area (Å²) in [6, 6.07) is 10.8. The summed E-state index contributed by atoms with van der Waals surface area (Å²) >= 11 is 0. The van der Waals surface area contributed by atoms with Gasteiger partial charge in [-0.3, -0.25) is 0 Å². The first-order valence-electron chi connectivity index (χ1n) is 9.83. The van der Waals surface area contributed by atoms with Gasteiger partial charge < -0.3 is 5.11 Å². The zero-order chi connectivity index (χ0) is 24.4. The van der Waals surface area contributed by atoms with E-state index < -0.39 is 39.8 Å². The largest absolute Gasteiger partial charge is 0.456 e. The maximum atomic E-state index is 14.7. The SMILES string of the molecule is Cc1ccc(S(=O)(=O)n2c3c(c4cc(C#N)ccc42)CCCC3(O)C(F)(F)C(F)(F)F)cc1. The number of aliphatic hydroxyl groups is 1. The molecular formula is C22H17F5N2O3S. The molecule has 0 amide bonds. The molecule has 1 heterocycles. The molecule has 33 heavy (non-hydrogen) atoms. The van der Waals surface area contributed by atoms with E-state index in [9.17, 15) is 40.7 Å². The zero-order valence-corrected chi connectivity index (χ0v) is 17.9. The van der Waals surface area contributed by atoms with Crippen molar-refractivity contribution in [1.82, 2.24) is 3.97 Å². The Morgan fingerprint density at radius 1 is 1.09 bits per heavy atom. The number of halogens is 5. The molecule has 174 valence electrons. The van der Waals surface area contributed by atoms with Crippen LogP contribution in [0.4, 0.5) is 22.0 Å². The van der Waals surface area contributed by atoms with Crippen LogP contribution in [0.2, 0.25) is 0 Å². The number of fused-ring (bicyclic) bond motifs is 3. The average molecular weight is 484 g/mol. The average Bonchev–Trinajstić information content (AvgIpc) is 3.09. The van der Waals surface area contributed by atoms with E-state index in [1.807, 2.05) is 6.07 Å². The van der Waals surface area contributed by atoms with Crippen molar-refractivity contribution >= 4 is 20.9 Å². The number of alkyl halides is 5. The number of rotatable bonds is 3. The van der Waals surface area contributed by atoms with Gasteiger partial charge in [0.1, 0.15) is 0 Å². The van der Waals surface area contributed by atoms with Crippen molar-refractivity contribution in [2.75, 3.05) is 0 Å². The Labute approximate surface area is 185 Å². The molecule has 0 fully saturated rings. The summed E-state index contributed by atoms with van der Waals surface area (Å²) in [6.45, 7) is 1.69. The fourth-order valence-electron chi connectivity index (χ4n) is 4.31. The van der Waals surface area contributed by atoms with Gasteiger partial charge in [-0.2, -0.15) is 27.2 Å². The van der Waals surface area contributed by atoms with Gasteiger partial charge in [-0.05, 0) is 62.1 Å². The molecule has 0 radical (unpaired) electrons. The van der Waals surface area contributed by atoms with E-state index in [4.69, 9.17) is 0 Å². The van der Waals surface area contributed by atoms with Crippen molar-refractivity contribution in [2.24, 2.45) is 0 Å². The van der Waals surface area contributed by atoms with Crippen LogP contribution in [0.25, 0.3) is 10.9 Å². The molecule has 1 atom stereocenters. The summed E-state index contributed by atoms with van der Waals surface area (Å²) in [5, 5.41) is 20.2. The molecule has 0 spiro atoms. The highest BCUT2D eigenvalue weighted by molar-refractivity contribution is 7.90. The lowest BCUT2D eigenvalue weighted by Crippen LogP contribution is -2.57. The van der Waals surface area contributed by atoms with Gasteiger partial charge in [0.2, 0.25) is 0 Å². The third-order valence-corrected chi connectivity index (χ3v) is 7.68. The van der Waals surface area contributed by atoms with Crippen LogP contribution in [0.15, 0.2) is 47.4 Å². The first-order valence-corrected chi connectivity index (χ1v) is 11.3. The van der Waals surface area contributed by atoms with Gasteiger partial charge in [-0.25, -0.2) is 12.4 Å². The molecule has 4 rings (SSSR count). The third kappa shape index (κ3) is 3.23. The molecule has 1 aliphatic rings. The summed E-state index contributed by atoms with van der Waals surface area (Å²) in [4.78, 5) is -0.347. The molecule has 0 saturated heterocycles. The number of aromatic nitrogens is 1. The quantitative estimate of drug-likeness (QED) is 0.543. The van der Waals surface area contributed by atoms with Crippen molar-refractivity contribution in [1.29, 1.82) is 5.26 Å². The maximum Gasteiger partial charge on any atom is 0.456 e. The van der Waals surface area contributed by atoms with Crippen molar-refractivity contribution in [3.8, 4) is 6.07 Å². The Balaban J connectivity index is 2.16. The Morgan fingerprint density at radius 2 is 1.73 bits per heavy atom. The predicted molar refractivity (Wildman–Crippen MR) is 108 cm³/mol. The molecule has 0 bridgehead atoms.